The molecule has 0 unspecified atom stereocenters. The second-order valence-corrected chi connectivity index (χ2v) is 6.41. The van der Waals surface area contributed by atoms with Gasteiger partial charge in [0, 0.05) is 10.6 Å². The fourth-order valence-electron chi connectivity index (χ4n) is 2.32. The largest absolute Gasteiger partial charge is 0.478 e. The SMILES string of the molecule is CC1=Nc2ccccc2SC1=C(C)NNc1ccc(C(=O)O)cc1. The van der Waals surface area contributed by atoms with Crippen LogP contribution in [0.3, 0.4) is 0 Å². The number of hydrazine groups is 1. The summed E-state index contributed by atoms with van der Waals surface area (Å²) in [4.78, 5) is 17.7. The van der Waals surface area contributed by atoms with Crippen LogP contribution in [0.25, 0.3) is 0 Å². The molecule has 1 heterocycles. The first-order valence-electron chi connectivity index (χ1n) is 7.43. The summed E-state index contributed by atoms with van der Waals surface area (Å²) in [7, 11) is 0. The summed E-state index contributed by atoms with van der Waals surface area (Å²) in [5.41, 5.74) is 10.2. The number of nitrogens with one attached hydrogen (secondary N) is 2. The van der Waals surface area contributed by atoms with Gasteiger partial charge in [-0.25, -0.2) is 4.79 Å². The summed E-state index contributed by atoms with van der Waals surface area (Å²) < 4.78 is 0. The van der Waals surface area contributed by atoms with E-state index in [4.69, 9.17) is 5.11 Å². The number of aliphatic imine (C=N–C) groups is 1. The summed E-state index contributed by atoms with van der Waals surface area (Å²) in [6.45, 7) is 3.97. The second-order valence-electron chi connectivity index (χ2n) is 5.35. The van der Waals surface area contributed by atoms with Gasteiger partial charge in [-0.05, 0) is 50.2 Å². The van der Waals surface area contributed by atoms with Crippen LogP contribution in [0.5, 0.6) is 0 Å². The molecule has 3 rings (SSSR count). The van der Waals surface area contributed by atoms with Gasteiger partial charge in [0.15, 0.2) is 0 Å². The van der Waals surface area contributed by atoms with Crippen molar-refractivity contribution in [2.75, 3.05) is 5.43 Å². The third-order valence-electron chi connectivity index (χ3n) is 3.56. The van der Waals surface area contributed by atoms with Gasteiger partial charge in [0.05, 0.1) is 27.6 Å². The van der Waals surface area contributed by atoms with E-state index in [1.165, 1.54) is 0 Å². The van der Waals surface area contributed by atoms with E-state index >= 15 is 0 Å². The van der Waals surface area contributed by atoms with Crippen molar-refractivity contribution in [2.24, 2.45) is 4.99 Å². The lowest BCUT2D eigenvalue weighted by molar-refractivity contribution is 0.0697. The second kappa shape index (κ2) is 6.80. The minimum Gasteiger partial charge on any atom is -0.478 e. The van der Waals surface area contributed by atoms with E-state index in [2.05, 4.69) is 21.9 Å². The lowest BCUT2D eigenvalue weighted by atomic mass is 10.2. The van der Waals surface area contributed by atoms with E-state index in [0.717, 1.165) is 32.6 Å². The molecule has 0 saturated carbocycles. The molecule has 0 amide bonds. The highest BCUT2D eigenvalue weighted by atomic mass is 32.2. The van der Waals surface area contributed by atoms with Gasteiger partial charge in [-0.3, -0.25) is 4.99 Å². The molecule has 1 aliphatic heterocycles. The van der Waals surface area contributed by atoms with Crippen LogP contribution in [0.1, 0.15) is 24.2 Å². The molecule has 122 valence electrons. The molecule has 2 aromatic carbocycles. The van der Waals surface area contributed by atoms with Gasteiger partial charge in [-0.15, -0.1) is 0 Å². The Balaban J connectivity index is 1.73. The Kier molecular flexibility index (Phi) is 4.57. The number of carbonyl (C=O) groups is 1. The molecule has 2 aromatic rings. The summed E-state index contributed by atoms with van der Waals surface area (Å²) in [6, 6.07) is 14.6. The molecule has 3 N–H and O–H groups in total. The minimum absolute atomic E-state index is 0.262. The third-order valence-corrected chi connectivity index (χ3v) is 4.93. The van der Waals surface area contributed by atoms with Crippen LogP contribution in [-0.2, 0) is 0 Å². The number of para-hydroxylation sites is 1. The predicted octanol–water partition coefficient (Wildman–Crippen LogP) is 4.43. The zero-order chi connectivity index (χ0) is 17.1. The van der Waals surface area contributed by atoms with E-state index in [9.17, 15) is 4.79 Å². The first-order valence-corrected chi connectivity index (χ1v) is 8.25. The van der Waals surface area contributed by atoms with Crippen LogP contribution < -0.4 is 10.9 Å². The first kappa shape index (κ1) is 16.1. The molecule has 0 aromatic heterocycles. The Bertz CT molecular complexity index is 842. The van der Waals surface area contributed by atoms with E-state index in [1.54, 1.807) is 36.0 Å². The van der Waals surface area contributed by atoms with Crippen LogP contribution in [0.15, 0.2) is 69.0 Å². The van der Waals surface area contributed by atoms with Crippen LogP contribution in [0, 0.1) is 0 Å². The van der Waals surface area contributed by atoms with Crippen molar-refractivity contribution < 1.29 is 9.90 Å². The fraction of sp³-hybridized carbons (Fsp3) is 0.111. The topological polar surface area (TPSA) is 73.7 Å². The molecule has 5 nitrogen and oxygen atoms in total. The molecular formula is C18H17N3O2S. The summed E-state index contributed by atoms with van der Waals surface area (Å²) >= 11 is 1.68. The molecule has 24 heavy (non-hydrogen) atoms. The maximum atomic E-state index is 10.9. The standard InChI is InChI=1S/C18H17N3O2S/c1-11-17(24-16-6-4-3-5-15(16)19-11)12(2)20-21-14-9-7-13(8-10-14)18(22)23/h3-10,20-21H,1-2H3,(H,22,23). The number of hydrogen-bond acceptors (Lipinski definition) is 5. The smallest absolute Gasteiger partial charge is 0.335 e. The monoisotopic (exact) mass is 339 g/mol. The number of rotatable bonds is 4. The molecule has 0 saturated heterocycles. The summed E-state index contributed by atoms with van der Waals surface area (Å²) in [5, 5.41) is 8.91. The number of aromatic carboxylic acids is 1. The van der Waals surface area contributed by atoms with Crippen molar-refractivity contribution in [3.8, 4) is 0 Å². The third kappa shape index (κ3) is 3.44. The van der Waals surface area contributed by atoms with Crippen molar-refractivity contribution in [1.82, 2.24) is 5.43 Å². The highest BCUT2D eigenvalue weighted by Gasteiger charge is 2.16. The minimum atomic E-state index is -0.933. The van der Waals surface area contributed by atoms with Crippen molar-refractivity contribution in [3.05, 3.63) is 64.7 Å². The average molecular weight is 339 g/mol. The normalized spacial score (nSPS) is 15.2. The van der Waals surface area contributed by atoms with Crippen LogP contribution in [-0.4, -0.2) is 16.8 Å². The number of nitrogens with zero attached hydrogens (tertiary/aromatic N) is 1. The first-order chi connectivity index (χ1) is 11.5. The lowest BCUT2D eigenvalue weighted by Crippen LogP contribution is -2.22. The van der Waals surface area contributed by atoms with E-state index < -0.39 is 5.97 Å². The Morgan fingerprint density at radius 1 is 1.12 bits per heavy atom. The van der Waals surface area contributed by atoms with Gasteiger partial charge in [-0.1, -0.05) is 23.9 Å². The van der Waals surface area contributed by atoms with Gasteiger partial charge in [0.1, 0.15) is 0 Å². The van der Waals surface area contributed by atoms with Crippen molar-refractivity contribution in [1.29, 1.82) is 0 Å². The number of anilines is 1. The molecule has 0 atom stereocenters. The van der Waals surface area contributed by atoms with Gasteiger partial charge < -0.3 is 16.0 Å². The lowest BCUT2D eigenvalue weighted by Gasteiger charge is -2.19. The zero-order valence-electron chi connectivity index (χ0n) is 13.3. The zero-order valence-corrected chi connectivity index (χ0v) is 14.1. The molecule has 0 aliphatic carbocycles. The fourth-order valence-corrected chi connectivity index (χ4v) is 3.30. The molecule has 1 aliphatic rings. The number of benzene rings is 2. The average Bonchev–Trinajstić information content (AvgIpc) is 2.59. The Morgan fingerprint density at radius 2 is 1.83 bits per heavy atom. The van der Waals surface area contributed by atoms with Crippen LogP contribution in [0.2, 0.25) is 0 Å². The predicted molar refractivity (Wildman–Crippen MR) is 97.9 cm³/mol. The number of carboxylic acids is 1. The molecule has 0 spiro atoms. The Morgan fingerprint density at radius 3 is 2.54 bits per heavy atom. The Labute approximate surface area is 144 Å². The number of carboxylic acid groups (broad SMARTS) is 1. The van der Waals surface area contributed by atoms with E-state index in [1.807, 2.05) is 32.0 Å². The van der Waals surface area contributed by atoms with Crippen molar-refractivity contribution >= 4 is 34.8 Å². The van der Waals surface area contributed by atoms with E-state index in [0.29, 0.717) is 0 Å². The van der Waals surface area contributed by atoms with Gasteiger partial charge >= 0.3 is 5.97 Å². The maximum Gasteiger partial charge on any atom is 0.335 e. The molecular weight excluding hydrogens is 322 g/mol. The quantitative estimate of drug-likeness (QED) is 0.719. The highest BCUT2D eigenvalue weighted by molar-refractivity contribution is 8.04. The summed E-state index contributed by atoms with van der Waals surface area (Å²) in [5.74, 6) is -0.933. The number of hydrogen-bond donors (Lipinski definition) is 3. The number of fused-ring (bicyclic) bond motifs is 1. The molecule has 0 fully saturated rings. The molecule has 6 heteroatoms. The molecule has 0 radical (unpaired) electrons. The van der Waals surface area contributed by atoms with Gasteiger partial charge in [0.2, 0.25) is 0 Å². The number of allylic oxidation sites excluding steroid dienone is 2. The Hall–Kier alpha value is -2.73. The van der Waals surface area contributed by atoms with Crippen molar-refractivity contribution in [2.45, 2.75) is 18.7 Å². The maximum absolute atomic E-state index is 10.9. The molecule has 0 bridgehead atoms. The van der Waals surface area contributed by atoms with Gasteiger partial charge in [0.25, 0.3) is 0 Å². The van der Waals surface area contributed by atoms with Crippen LogP contribution >= 0.6 is 11.8 Å². The summed E-state index contributed by atoms with van der Waals surface area (Å²) in [6.07, 6.45) is 0. The highest BCUT2D eigenvalue weighted by Crippen LogP contribution is 2.40. The van der Waals surface area contributed by atoms with E-state index in [-0.39, 0.29) is 5.56 Å². The van der Waals surface area contributed by atoms with Gasteiger partial charge in [-0.2, -0.15) is 0 Å². The van der Waals surface area contributed by atoms with Crippen molar-refractivity contribution in [3.63, 3.8) is 0 Å². The van der Waals surface area contributed by atoms with Crippen LogP contribution in [0.4, 0.5) is 11.4 Å². The number of thioether (sulfide) groups is 1.